The Morgan fingerprint density at radius 2 is 2.14 bits per heavy atom. The zero-order chi connectivity index (χ0) is 15.5. The molecule has 2 fully saturated rings. The Morgan fingerprint density at radius 1 is 1.36 bits per heavy atom. The van der Waals surface area contributed by atoms with Crippen molar-refractivity contribution in [3.63, 3.8) is 0 Å². The molecule has 2 heterocycles. The highest BCUT2D eigenvalue weighted by molar-refractivity contribution is 5.88. The standard InChI is InChI=1S/C16H27N5O/c1-12-9-15(21(19-12)14-5-3-2-4-6-14)18-16(22)20-8-7-13(10-17)11-20/h9,13-14H,2-8,10-11,17H2,1H3,(H,18,22)/t13-/m1/s1. The number of nitrogens with one attached hydrogen (secondary N) is 1. The summed E-state index contributed by atoms with van der Waals surface area (Å²) >= 11 is 0. The van der Waals surface area contributed by atoms with E-state index in [1.54, 1.807) is 0 Å². The first kappa shape index (κ1) is 15.3. The number of rotatable bonds is 3. The first-order valence-electron chi connectivity index (χ1n) is 8.49. The van der Waals surface area contributed by atoms with Crippen LogP contribution >= 0.6 is 0 Å². The van der Waals surface area contributed by atoms with Crippen molar-refractivity contribution in [2.45, 2.75) is 51.5 Å². The second-order valence-corrected chi connectivity index (χ2v) is 6.67. The maximum absolute atomic E-state index is 12.5. The molecule has 1 saturated carbocycles. The van der Waals surface area contributed by atoms with E-state index in [9.17, 15) is 4.79 Å². The van der Waals surface area contributed by atoms with E-state index in [0.29, 0.717) is 18.5 Å². The number of aromatic nitrogens is 2. The molecule has 2 aliphatic rings. The summed E-state index contributed by atoms with van der Waals surface area (Å²) in [4.78, 5) is 14.3. The maximum Gasteiger partial charge on any atom is 0.323 e. The molecule has 1 aromatic rings. The topological polar surface area (TPSA) is 76.2 Å². The van der Waals surface area contributed by atoms with Gasteiger partial charge in [-0.15, -0.1) is 0 Å². The molecule has 1 atom stereocenters. The average molecular weight is 305 g/mol. The van der Waals surface area contributed by atoms with Gasteiger partial charge < -0.3 is 10.6 Å². The van der Waals surface area contributed by atoms with Gasteiger partial charge in [-0.25, -0.2) is 9.48 Å². The van der Waals surface area contributed by atoms with Gasteiger partial charge in [0, 0.05) is 19.2 Å². The lowest BCUT2D eigenvalue weighted by Gasteiger charge is -2.25. The molecule has 3 N–H and O–H groups in total. The first-order valence-corrected chi connectivity index (χ1v) is 8.49. The zero-order valence-corrected chi connectivity index (χ0v) is 13.4. The summed E-state index contributed by atoms with van der Waals surface area (Å²) in [5.41, 5.74) is 6.66. The van der Waals surface area contributed by atoms with Gasteiger partial charge in [-0.2, -0.15) is 5.10 Å². The number of carbonyl (C=O) groups excluding carboxylic acids is 1. The lowest BCUT2D eigenvalue weighted by molar-refractivity contribution is 0.220. The number of aryl methyl sites for hydroxylation is 1. The molecule has 3 rings (SSSR count). The number of hydrogen-bond acceptors (Lipinski definition) is 3. The van der Waals surface area contributed by atoms with Crippen LogP contribution in [0, 0.1) is 12.8 Å². The van der Waals surface area contributed by atoms with Crippen LogP contribution < -0.4 is 11.1 Å². The van der Waals surface area contributed by atoms with Crippen molar-refractivity contribution >= 4 is 11.8 Å². The van der Waals surface area contributed by atoms with Crippen molar-refractivity contribution < 1.29 is 4.79 Å². The van der Waals surface area contributed by atoms with Gasteiger partial charge in [-0.05, 0) is 38.6 Å². The van der Waals surface area contributed by atoms with Crippen molar-refractivity contribution in [1.82, 2.24) is 14.7 Å². The molecule has 1 saturated heterocycles. The number of carbonyl (C=O) groups is 1. The summed E-state index contributed by atoms with van der Waals surface area (Å²) in [7, 11) is 0. The molecule has 0 radical (unpaired) electrons. The van der Waals surface area contributed by atoms with E-state index in [4.69, 9.17) is 5.73 Å². The lowest BCUT2D eigenvalue weighted by atomic mass is 9.96. The molecule has 0 unspecified atom stereocenters. The summed E-state index contributed by atoms with van der Waals surface area (Å²) in [6.45, 7) is 4.20. The molecule has 22 heavy (non-hydrogen) atoms. The van der Waals surface area contributed by atoms with Crippen LogP contribution in [0.15, 0.2) is 6.07 Å². The Bertz CT molecular complexity index is 521. The summed E-state index contributed by atoms with van der Waals surface area (Å²) in [6, 6.07) is 2.38. The molecular formula is C16H27N5O. The van der Waals surface area contributed by atoms with E-state index in [0.717, 1.165) is 43.9 Å². The largest absolute Gasteiger partial charge is 0.330 e. The molecule has 0 spiro atoms. The van der Waals surface area contributed by atoms with Crippen LogP contribution in [0.4, 0.5) is 10.6 Å². The third-order valence-corrected chi connectivity index (χ3v) is 4.92. The summed E-state index contributed by atoms with van der Waals surface area (Å²) in [5, 5.41) is 7.67. The smallest absolute Gasteiger partial charge is 0.323 e. The molecule has 1 aliphatic carbocycles. The van der Waals surface area contributed by atoms with Gasteiger partial charge in [0.05, 0.1) is 11.7 Å². The van der Waals surface area contributed by atoms with Gasteiger partial charge in [0.1, 0.15) is 5.82 Å². The van der Waals surface area contributed by atoms with Crippen molar-refractivity contribution in [2.75, 3.05) is 25.0 Å². The van der Waals surface area contributed by atoms with Crippen LogP contribution in [0.1, 0.15) is 50.3 Å². The molecule has 6 heteroatoms. The van der Waals surface area contributed by atoms with Crippen molar-refractivity contribution in [2.24, 2.45) is 11.7 Å². The summed E-state index contributed by atoms with van der Waals surface area (Å²) in [5.74, 6) is 1.28. The Kier molecular flexibility index (Phi) is 4.66. The van der Waals surface area contributed by atoms with Crippen LogP contribution in [0.5, 0.6) is 0 Å². The first-order chi connectivity index (χ1) is 10.7. The zero-order valence-electron chi connectivity index (χ0n) is 13.4. The minimum absolute atomic E-state index is 0.0205. The highest BCUT2D eigenvalue weighted by Crippen LogP contribution is 2.30. The number of nitrogens with zero attached hydrogens (tertiary/aromatic N) is 3. The minimum Gasteiger partial charge on any atom is -0.330 e. The Balaban J connectivity index is 1.68. The Morgan fingerprint density at radius 3 is 2.82 bits per heavy atom. The summed E-state index contributed by atoms with van der Waals surface area (Å²) in [6.07, 6.45) is 7.13. The van der Waals surface area contributed by atoms with Gasteiger partial charge in [-0.1, -0.05) is 19.3 Å². The van der Waals surface area contributed by atoms with Gasteiger partial charge in [0.2, 0.25) is 0 Å². The SMILES string of the molecule is Cc1cc(NC(=O)N2CC[C@H](CN)C2)n(C2CCCCC2)n1. The normalized spacial score (nSPS) is 23.0. The van der Waals surface area contributed by atoms with E-state index < -0.39 is 0 Å². The Labute approximate surface area is 132 Å². The minimum atomic E-state index is -0.0205. The Hall–Kier alpha value is -1.56. The van der Waals surface area contributed by atoms with Gasteiger partial charge in [-0.3, -0.25) is 5.32 Å². The second kappa shape index (κ2) is 6.69. The summed E-state index contributed by atoms with van der Waals surface area (Å²) < 4.78 is 2.03. The fraction of sp³-hybridized carbons (Fsp3) is 0.750. The predicted molar refractivity (Wildman–Crippen MR) is 86.8 cm³/mol. The number of amides is 2. The van der Waals surface area contributed by atoms with E-state index in [2.05, 4.69) is 10.4 Å². The molecule has 0 aromatic carbocycles. The van der Waals surface area contributed by atoms with Crippen LogP contribution in [0.2, 0.25) is 0 Å². The highest BCUT2D eigenvalue weighted by Gasteiger charge is 2.27. The van der Waals surface area contributed by atoms with Crippen molar-refractivity contribution in [3.05, 3.63) is 11.8 Å². The van der Waals surface area contributed by atoms with E-state index in [1.807, 2.05) is 22.6 Å². The lowest BCUT2D eigenvalue weighted by Crippen LogP contribution is -2.34. The van der Waals surface area contributed by atoms with Crippen LogP contribution in [0.3, 0.4) is 0 Å². The fourth-order valence-electron chi connectivity index (χ4n) is 3.61. The fourth-order valence-corrected chi connectivity index (χ4v) is 3.61. The molecule has 1 aliphatic heterocycles. The molecular weight excluding hydrogens is 278 g/mol. The van der Waals surface area contributed by atoms with E-state index in [-0.39, 0.29) is 6.03 Å². The predicted octanol–water partition coefficient (Wildman–Crippen LogP) is 2.51. The highest BCUT2D eigenvalue weighted by atomic mass is 16.2. The second-order valence-electron chi connectivity index (χ2n) is 6.67. The van der Waals surface area contributed by atoms with Crippen molar-refractivity contribution in [1.29, 1.82) is 0 Å². The molecule has 1 aromatic heterocycles. The van der Waals surface area contributed by atoms with Crippen LogP contribution in [-0.2, 0) is 0 Å². The maximum atomic E-state index is 12.5. The monoisotopic (exact) mass is 305 g/mol. The van der Waals surface area contributed by atoms with Crippen LogP contribution in [-0.4, -0.2) is 40.3 Å². The third-order valence-electron chi connectivity index (χ3n) is 4.92. The van der Waals surface area contributed by atoms with Gasteiger partial charge in [0.15, 0.2) is 0 Å². The molecule has 2 amide bonds. The third kappa shape index (κ3) is 3.27. The molecule has 0 bridgehead atoms. The number of hydrogen-bond donors (Lipinski definition) is 2. The van der Waals surface area contributed by atoms with E-state index >= 15 is 0 Å². The average Bonchev–Trinajstić information content (AvgIpc) is 3.15. The number of urea groups is 1. The molecule has 122 valence electrons. The number of nitrogens with two attached hydrogens (primary N) is 1. The van der Waals surface area contributed by atoms with Gasteiger partial charge in [0.25, 0.3) is 0 Å². The molecule has 6 nitrogen and oxygen atoms in total. The quantitative estimate of drug-likeness (QED) is 0.901. The number of anilines is 1. The van der Waals surface area contributed by atoms with Crippen LogP contribution in [0.25, 0.3) is 0 Å². The van der Waals surface area contributed by atoms with E-state index in [1.165, 1.54) is 19.3 Å². The van der Waals surface area contributed by atoms with Gasteiger partial charge >= 0.3 is 6.03 Å². The van der Waals surface area contributed by atoms with Crippen molar-refractivity contribution in [3.8, 4) is 0 Å². The number of likely N-dealkylation sites (tertiary alicyclic amines) is 1.